The molecule has 4 nitrogen and oxygen atoms in total. The van der Waals surface area contributed by atoms with Gasteiger partial charge in [-0.3, -0.25) is 4.79 Å². The first kappa shape index (κ1) is 20.9. The number of carbonyl (C=O) groups is 1. The molecule has 2 heterocycles. The highest BCUT2D eigenvalue weighted by molar-refractivity contribution is 5.85. The van der Waals surface area contributed by atoms with E-state index >= 15 is 0 Å². The first-order valence-electron chi connectivity index (χ1n) is 7.84. The molecule has 1 N–H and O–H groups in total. The molecule has 1 amide bonds. The van der Waals surface area contributed by atoms with Gasteiger partial charge in [-0.2, -0.15) is 0 Å². The molecule has 0 radical (unpaired) electrons. The van der Waals surface area contributed by atoms with Gasteiger partial charge in [0.25, 0.3) is 0 Å². The number of hydrogen-bond donors (Lipinski definition) is 1. The van der Waals surface area contributed by atoms with Crippen LogP contribution >= 0.6 is 24.8 Å². The van der Waals surface area contributed by atoms with Crippen LogP contribution in [0.15, 0.2) is 18.2 Å². The van der Waals surface area contributed by atoms with E-state index in [0.29, 0.717) is 26.2 Å². The molecule has 0 bridgehead atoms. The standard InChI is InChI=1S/C16H21F2N3O.2ClH/c17-13-3-4-14(18)15(10-13)20-6-8-21(9-7-20)16(22)12-2-1-5-19-11-12;;/h3-4,10,12,19H,1-2,5-9,11H2;2*1H. The molecule has 2 saturated heterocycles. The molecule has 1 aromatic rings. The van der Waals surface area contributed by atoms with Crippen molar-refractivity contribution in [2.75, 3.05) is 44.2 Å². The number of halogens is 4. The largest absolute Gasteiger partial charge is 0.366 e. The van der Waals surface area contributed by atoms with Crippen LogP contribution in [0.4, 0.5) is 14.5 Å². The Hall–Kier alpha value is -1.11. The van der Waals surface area contributed by atoms with Crippen molar-refractivity contribution in [1.29, 1.82) is 0 Å². The van der Waals surface area contributed by atoms with E-state index in [1.807, 2.05) is 4.90 Å². The van der Waals surface area contributed by atoms with Gasteiger partial charge >= 0.3 is 0 Å². The van der Waals surface area contributed by atoms with Crippen molar-refractivity contribution >= 4 is 36.4 Å². The number of rotatable bonds is 2. The van der Waals surface area contributed by atoms with E-state index in [1.165, 1.54) is 6.07 Å². The normalized spacial score (nSPS) is 20.8. The molecule has 2 aliphatic rings. The second kappa shape index (κ2) is 9.39. The molecule has 0 aliphatic carbocycles. The Kier molecular flexibility index (Phi) is 8.19. The number of amides is 1. The fourth-order valence-electron chi connectivity index (χ4n) is 3.22. The molecule has 8 heteroatoms. The van der Waals surface area contributed by atoms with Crippen LogP contribution in [0, 0.1) is 17.6 Å². The lowest BCUT2D eigenvalue weighted by molar-refractivity contribution is -0.136. The van der Waals surface area contributed by atoms with E-state index in [1.54, 1.807) is 4.90 Å². The Balaban J connectivity index is 0.00000144. The first-order valence-corrected chi connectivity index (χ1v) is 7.84. The number of piperidine rings is 1. The predicted octanol–water partition coefficient (Wildman–Crippen LogP) is 2.46. The molecule has 0 aromatic heterocycles. The van der Waals surface area contributed by atoms with Gasteiger partial charge in [0.15, 0.2) is 0 Å². The number of nitrogens with zero attached hydrogens (tertiary/aromatic N) is 2. The van der Waals surface area contributed by atoms with Gasteiger partial charge in [-0.1, -0.05) is 0 Å². The lowest BCUT2D eigenvalue weighted by atomic mass is 9.98. The van der Waals surface area contributed by atoms with Crippen molar-refractivity contribution in [3.63, 3.8) is 0 Å². The minimum absolute atomic E-state index is 0. The molecule has 136 valence electrons. The zero-order valence-corrected chi connectivity index (χ0v) is 15.0. The number of benzene rings is 1. The highest BCUT2D eigenvalue weighted by Crippen LogP contribution is 2.23. The predicted molar refractivity (Wildman–Crippen MR) is 95.2 cm³/mol. The van der Waals surface area contributed by atoms with Crippen molar-refractivity contribution in [2.45, 2.75) is 12.8 Å². The Labute approximate surface area is 153 Å². The van der Waals surface area contributed by atoms with Crippen LogP contribution in [0.2, 0.25) is 0 Å². The fourth-order valence-corrected chi connectivity index (χ4v) is 3.22. The lowest BCUT2D eigenvalue weighted by Crippen LogP contribution is -2.52. The summed E-state index contributed by atoms with van der Waals surface area (Å²) >= 11 is 0. The average Bonchev–Trinajstić information content (AvgIpc) is 2.57. The van der Waals surface area contributed by atoms with Crippen molar-refractivity contribution in [3.8, 4) is 0 Å². The van der Waals surface area contributed by atoms with Gasteiger partial charge in [0.05, 0.1) is 11.6 Å². The van der Waals surface area contributed by atoms with Crippen LogP contribution in [0.1, 0.15) is 12.8 Å². The smallest absolute Gasteiger partial charge is 0.227 e. The summed E-state index contributed by atoms with van der Waals surface area (Å²) < 4.78 is 27.1. The van der Waals surface area contributed by atoms with Crippen LogP contribution in [0.5, 0.6) is 0 Å². The average molecular weight is 382 g/mol. The Morgan fingerprint density at radius 3 is 2.46 bits per heavy atom. The van der Waals surface area contributed by atoms with Gasteiger partial charge in [0, 0.05) is 38.8 Å². The molecular weight excluding hydrogens is 359 g/mol. The monoisotopic (exact) mass is 381 g/mol. The number of carbonyl (C=O) groups excluding carboxylic acids is 1. The molecule has 1 aromatic carbocycles. The number of anilines is 1. The number of nitrogens with one attached hydrogen (secondary N) is 1. The van der Waals surface area contributed by atoms with Gasteiger partial charge < -0.3 is 15.1 Å². The number of hydrogen-bond acceptors (Lipinski definition) is 3. The summed E-state index contributed by atoms with van der Waals surface area (Å²) in [6.07, 6.45) is 1.97. The summed E-state index contributed by atoms with van der Waals surface area (Å²) in [5, 5.41) is 3.25. The van der Waals surface area contributed by atoms with Gasteiger partial charge in [-0.05, 0) is 31.5 Å². The summed E-state index contributed by atoms with van der Waals surface area (Å²) in [6, 6.07) is 3.49. The Morgan fingerprint density at radius 1 is 1.12 bits per heavy atom. The van der Waals surface area contributed by atoms with Crippen molar-refractivity contribution in [1.82, 2.24) is 10.2 Å². The molecule has 2 aliphatic heterocycles. The van der Waals surface area contributed by atoms with Crippen LogP contribution in [-0.4, -0.2) is 50.1 Å². The van der Waals surface area contributed by atoms with Crippen LogP contribution < -0.4 is 10.2 Å². The Bertz CT molecular complexity index is 548. The summed E-state index contributed by atoms with van der Waals surface area (Å²) in [5.74, 6) is -0.612. The van der Waals surface area contributed by atoms with E-state index in [4.69, 9.17) is 0 Å². The fraction of sp³-hybridized carbons (Fsp3) is 0.562. The zero-order valence-electron chi connectivity index (χ0n) is 13.3. The molecule has 2 fully saturated rings. The zero-order chi connectivity index (χ0) is 15.5. The molecule has 24 heavy (non-hydrogen) atoms. The third-order valence-electron chi connectivity index (χ3n) is 4.49. The minimum atomic E-state index is -0.441. The third-order valence-corrected chi connectivity index (χ3v) is 4.49. The van der Waals surface area contributed by atoms with Gasteiger partial charge in [-0.15, -0.1) is 24.8 Å². The molecule has 3 rings (SSSR count). The van der Waals surface area contributed by atoms with Gasteiger partial charge in [0.1, 0.15) is 11.6 Å². The van der Waals surface area contributed by atoms with E-state index < -0.39 is 11.6 Å². The highest BCUT2D eigenvalue weighted by Gasteiger charge is 2.29. The lowest BCUT2D eigenvalue weighted by Gasteiger charge is -2.38. The minimum Gasteiger partial charge on any atom is -0.366 e. The topological polar surface area (TPSA) is 35.6 Å². The summed E-state index contributed by atoms with van der Waals surface area (Å²) in [7, 11) is 0. The molecule has 1 unspecified atom stereocenters. The molecule has 0 spiro atoms. The summed E-state index contributed by atoms with van der Waals surface area (Å²) in [4.78, 5) is 16.1. The maximum Gasteiger partial charge on any atom is 0.227 e. The van der Waals surface area contributed by atoms with Crippen molar-refractivity contribution in [3.05, 3.63) is 29.8 Å². The third kappa shape index (κ3) is 4.71. The van der Waals surface area contributed by atoms with E-state index in [-0.39, 0.29) is 42.3 Å². The SMILES string of the molecule is Cl.Cl.O=C(C1CCCNC1)N1CCN(c2cc(F)ccc2F)CC1. The van der Waals surface area contributed by atoms with E-state index in [9.17, 15) is 13.6 Å². The van der Waals surface area contributed by atoms with Crippen LogP contribution in [-0.2, 0) is 4.79 Å². The van der Waals surface area contributed by atoms with Crippen molar-refractivity contribution in [2.24, 2.45) is 5.92 Å². The van der Waals surface area contributed by atoms with Gasteiger partial charge in [-0.25, -0.2) is 8.78 Å². The maximum absolute atomic E-state index is 13.8. The van der Waals surface area contributed by atoms with Gasteiger partial charge in [0.2, 0.25) is 5.91 Å². The maximum atomic E-state index is 13.8. The second-order valence-electron chi connectivity index (χ2n) is 5.95. The molecular formula is C16H23Cl2F2N3O. The van der Waals surface area contributed by atoms with Crippen molar-refractivity contribution < 1.29 is 13.6 Å². The van der Waals surface area contributed by atoms with E-state index in [0.717, 1.165) is 38.1 Å². The first-order chi connectivity index (χ1) is 10.6. The molecule has 1 atom stereocenters. The summed E-state index contributed by atoms with van der Waals surface area (Å²) in [5.41, 5.74) is 0.284. The van der Waals surface area contributed by atoms with Crippen LogP contribution in [0.3, 0.4) is 0 Å². The highest BCUT2D eigenvalue weighted by atomic mass is 35.5. The second-order valence-corrected chi connectivity index (χ2v) is 5.95. The quantitative estimate of drug-likeness (QED) is 0.854. The number of piperazine rings is 1. The van der Waals surface area contributed by atoms with Crippen LogP contribution in [0.25, 0.3) is 0 Å². The summed E-state index contributed by atoms with van der Waals surface area (Å²) in [6.45, 7) is 3.92. The Morgan fingerprint density at radius 2 is 1.83 bits per heavy atom. The molecule has 0 saturated carbocycles. The van der Waals surface area contributed by atoms with E-state index in [2.05, 4.69) is 5.32 Å².